The molecule has 2 aromatic heterocycles. The SMILES string of the molecule is O=C(Cn1cnc2cc(-c3ccc(Cl)cc3)sc2c1=O)NC(=O)NC1CCCCC1. The van der Waals surface area contributed by atoms with E-state index in [1.54, 1.807) is 12.1 Å². The lowest BCUT2D eigenvalue weighted by atomic mass is 9.96. The molecule has 156 valence electrons. The molecule has 1 saturated carbocycles. The highest BCUT2D eigenvalue weighted by molar-refractivity contribution is 7.22. The third kappa shape index (κ3) is 4.71. The van der Waals surface area contributed by atoms with Gasteiger partial charge in [0.25, 0.3) is 5.56 Å². The Morgan fingerprint density at radius 2 is 1.90 bits per heavy atom. The molecular formula is C21H21ClN4O3S. The van der Waals surface area contributed by atoms with E-state index in [9.17, 15) is 14.4 Å². The van der Waals surface area contributed by atoms with Gasteiger partial charge in [-0.3, -0.25) is 19.5 Å². The molecule has 1 aliphatic carbocycles. The zero-order chi connectivity index (χ0) is 21.1. The second-order valence-corrected chi connectivity index (χ2v) is 8.85. The van der Waals surface area contributed by atoms with Crippen molar-refractivity contribution in [1.29, 1.82) is 0 Å². The van der Waals surface area contributed by atoms with E-state index in [-0.39, 0.29) is 18.1 Å². The van der Waals surface area contributed by atoms with E-state index < -0.39 is 11.9 Å². The highest BCUT2D eigenvalue weighted by atomic mass is 35.5. The summed E-state index contributed by atoms with van der Waals surface area (Å²) in [5, 5.41) is 5.76. The number of fused-ring (bicyclic) bond motifs is 1. The van der Waals surface area contributed by atoms with Gasteiger partial charge in [0.05, 0.1) is 11.8 Å². The van der Waals surface area contributed by atoms with Crippen molar-refractivity contribution in [3.8, 4) is 10.4 Å². The summed E-state index contributed by atoms with van der Waals surface area (Å²) in [6.07, 6.45) is 6.53. The molecule has 0 atom stereocenters. The Balaban J connectivity index is 1.45. The number of rotatable bonds is 4. The van der Waals surface area contributed by atoms with Gasteiger partial charge < -0.3 is 5.32 Å². The predicted molar refractivity (Wildman–Crippen MR) is 118 cm³/mol. The highest BCUT2D eigenvalue weighted by Crippen LogP contribution is 2.31. The molecule has 1 aromatic carbocycles. The van der Waals surface area contributed by atoms with Gasteiger partial charge in [0.15, 0.2) is 0 Å². The minimum atomic E-state index is -0.555. The summed E-state index contributed by atoms with van der Waals surface area (Å²) in [7, 11) is 0. The second-order valence-electron chi connectivity index (χ2n) is 7.37. The van der Waals surface area contributed by atoms with Crippen LogP contribution in [0.2, 0.25) is 5.02 Å². The summed E-state index contributed by atoms with van der Waals surface area (Å²) in [6.45, 7) is -0.270. The quantitative estimate of drug-likeness (QED) is 0.637. The first kappa shape index (κ1) is 20.6. The van der Waals surface area contributed by atoms with Crippen molar-refractivity contribution in [2.45, 2.75) is 44.7 Å². The van der Waals surface area contributed by atoms with Crippen molar-refractivity contribution in [3.63, 3.8) is 0 Å². The van der Waals surface area contributed by atoms with Gasteiger partial charge >= 0.3 is 6.03 Å². The molecule has 2 N–H and O–H groups in total. The highest BCUT2D eigenvalue weighted by Gasteiger charge is 2.18. The zero-order valence-electron chi connectivity index (χ0n) is 16.2. The van der Waals surface area contributed by atoms with Crippen LogP contribution in [0.4, 0.5) is 4.79 Å². The Hall–Kier alpha value is -2.71. The number of carbonyl (C=O) groups is 2. The number of aromatic nitrogens is 2. The number of urea groups is 1. The Labute approximate surface area is 182 Å². The van der Waals surface area contributed by atoms with Crippen LogP contribution in [0.15, 0.2) is 41.5 Å². The summed E-state index contributed by atoms with van der Waals surface area (Å²) in [5.74, 6) is -0.555. The molecule has 3 amide bonds. The number of nitrogens with zero attached hydrogens (tertiary/aromatic N) is 2. The fourth-order valence-corrected chi connectivity index (χ4v) is 4.79. The van der Waals surface area contributed by atoms with E-state index in [0.29, 0.717) is 15.2 Å². The second kappa shape index (κ2) is 8.97. The van der Waals surface area contributed by atoms with Gasteiger partial charge in [0.1, 0.15) is 11.2 Å². The lowest BCUT2D eigenvalue weighted by Gasteiger charge is -2.22. The average Bonchev–Trinajstić information content (AvgIpc) is 3.16. The number of thiophene rings is 1. The van der Waals surface area contributed by atoms with Crippen LogP contribution in [0.25, 0.3) is 20.7 Å². The van der Waals surface area contributed by atoms with Crippen molar-refractivity contribution in [1.82, 2.24) is 20.2 Å². The largest absolute Gasteiger partial charge is 0.335 e. The van der Waals surface area contributed by atoms with Crippen LogP contribution in [0.1, 0.15) is 32.1 Å². The Bertz CT molecular complexity index is 1130. The van der Waals surface area contributed by atoms with Crippen LogP contribution in [0, 0.1) is 0 Å². The number of hydrogen-bond donors (Lipinski definition) is 2. The number of benzene rings is 1. The van der Waals surface area contributed by atoms with Crippen molar-refractivity contribution < 1.29 is 9.59 Å². The summed E-state index contributed by atoms with van der Waals surface area (Å²) >= 11 is 7.25. The van der Waals surface area contributed by atoms with E-state index >= 15 is 0 Å². The number of imide groups is 1. The number of halogens is 1. The fraction of sp³-hybridized carbons (Fsp3) is 0.333. The molecule has 2 heterocycles. The summed E-state index contributed by atoms with van der Waals surface area (Å²) in [5.41, 5.74) is 1.19. The molecule has 1 aliphatic rings. The first-order chi connectivity index (χ1) is 14.5. The maximum absolute atomic E-state index is 12.8. The topological polar surface area (TPSA) is 93.1 Å². The number of nitrogens with one attached hydrogen (secondary N) is 2. The van der Waals surface area contributed by atoms with Crippen LogP contribution in [-0.2, 0) is 11.3 Å². The zero-order valence-corrected chi connectivity index (χ0v) is 17.8. The summed E-state index contributed by atoms with van der Waals surface area (Å²) in [4.78, 5) is 42.3. The lowest BCUT2D eigenvalue weighted by Crippen LogP contribution is -2.46. The first-order valence-electron chi connectivity index (χ1n) is 9.85. The smallest absolute Gasteiger partial charge is 0.321 e. The Morgan fingerprint density at radius 1 is 1.17 bits per heavy atom. The van der Waals surface area contributed by atoms with Gasteiger partial charge in [-0.05, 0) is 36.6 Å². The molecule has 3 aromatic rings. The van der Waals surface area contributed by atoms with E-state index in [4.69, 9.17) is 11.6 Å². The lowest BCUT2D eigenvalue weighted by molar-refractivity contribution is -0.120. The summed E-state index contributed by atoms with van der Waals surface area (Å²) < 4.78 is 1.68. The predicted octanol–water partition coefficient (Wildman–Crippen LogP) is 3.94. The maximum atomic E-state index is 12.8. The van der Waals surface area contributed by atoms with E-state index in [2.05, 4.69) is 15.6 Å². The van der Waals surface area contributed by atoms with Gasteiger partial charge in [-0.2, -0.15) is 0 Å². The third-order valence-corrected chi connectivity index (χ3v) is 6.55. The van der Waals surface area contributed by atoms with Crippen molar-refractivity contribution in [3.05, 3.63) is 52.0 Å². The first-order valence-corrected chi connectivity index (χ1v) is 11.0. The average molecular weight is 445 g/mol. The van der Waals surface area contributed by atoms with E-state index in [0.717, 1.165) is 36.1 Å². The van der Waals surface area contributed by atoms with Gasteiger partial charge in [-0.1, -0.05) is 43.0 Å². The monoisotopic (exact) mass is 444 g/mol. The van der Waals surface area contributed by atoms with Gasteiger partial charge in [-0.25, -0.2) is 9.78 Å². The minimum Gasteiger partial charge on any atom is -0.335 e. The van der Waals surface area contributed by atoms with Crippen LogP contribution in [0.5, 0.6) is 0 Å². The standard InChI is InChI=1S/C21H21ClN4O3S/c22-14-8-6-13(7-9-14)17-10-16-19(30-17)20(28)26(12-23-16)11-18(27)25-21(29)24-15-4-2-1-3-5-15/h6-10,12,15H,1-5,11H2,(H2,24,25,27,29). The molecule has 0 spiro atoms. The molecule has 7 nitrogen and oxygen atoms in total. The minimum absolute atomic E-state index is 0.102. The maximum Gasteiger partial charge on any atom is 0.321 e. The van der Waals surface area contributed by atoms with Gasteiger partial charge in [0.2, 0.25) is 5.91 Å². The Morgan fingerprint density at radius 3 is 2.63 bits per heavy atom. The summed E-state index contributed by atoms with van der Waals surface area (Å²) in [6, 6.07) is 8.76. The van der Waals surface area contributed by atoms with Crippen LogP contribution < -0.4 is 16.2 Å². The van der Waals surface area contributed by atoms with Crippen molar-refractivity contribution in [2.24, 2.45) is 0 Å². The third-order valence-electron chi connectivity index (χ3n) is 5.14. The number of amides is 3. The molecule has 0 saturated heterocycles. The van der Waals surface area contributed by atoms with Gasteiger partial charge in [0, 0.05) is 15.9 Å². The molecular weight excluding hydrogens is 424 g/mol. The molecule has 0 unspecified atom stereocenters. The Kier molecular flexibility index (Phi) is 6.15. The van der Waals surface area contributed by atoms with Crippen molar-refractivity contribution in [2.75, 3.05) is 0 Å². The molecule has 9 heteroatoms. The van der Waals surface area contributed by atoms with Crippen LogP contribution >= 0.6 is 22.9 Å². The van der Waals surface area contributed by atoms with Crippen LogP contribution in [0.3, 0.4) is 0 Å². The van der Waals surface area contributed by atoms with E-state index in [1.165, 1.54) is 28.7 Å². The number of carbonyl (C=O) groups excluding carboxylic acids is 2. The van der Waals surface area contributed by atoms with Gasteiger partial charge in [-0.15, -0.1) is 11.3 Å². The van der Waals surface area contributed by atoms with Crippen LogP contribution in [-0.4, -0.2) is 27.5 Å². The molecule has 0 bridgehead atoms. The van der Waals surface area contributed by atoms with E-state index in [1.807, 2.05) is 18.2 Å². The number of hydrogen-bond acceptors (Lipinski definition) is 5. The van der Waals surface area contributed by atoms with Crippen molar-refractivity contribution >= 4 is 45.1 Å². The molecule has 4 rings (SSSR count). The fourth-order valence-electron chi connectivity index (χ4n) is 3.60. The molecule has 0 aliphatic heterocycles. The molecule has 1 fully saturated rings. The normalized spacial score (nSPS) is 14.6. The molecule has 30 heavy (non-hydrogen) atoms. The molecule has 0 radical (unpaired) electrons.